The SMILES string of the molecule is CC(C)(C)CC(=O)N1CC(c2cccc(Cl)c2)OCC1(C)C. The maximum absolute atomic E-state index is 12.7. The van der Waals surface area contributed by atoms with Crippen LogP contribution in [0.25, 0.3) is 0 Å². The largest absolute Gasteiger partial charge is 0.369 e. The van der Waals surface area contributed by atoms with E-state index in [2.05, 4.69) is 34.6 Å². The summed E-state index contributed by atoms with van der Waals surface area (Å²) >= 11 is 6.07. The minimum atomic E-state index is -0.280. The second kappa shape index (κ2) is 6.21. The van der Waals surface area contributed by atoms with Crippen LogP contribution in [0, 0.1) is 5.41 Å². The molecule has 1 amide bonds. The zero-order valence-corrected chi connectivity index (χ0v) is 14.9. The molecule has 1 aliphatic heterocycles. The highest BCUT2D eigenvalue weighted by atomic mass is 35.5. The van der Waals surface area contributed by atoms with Gasteiger partial charge in [0.05, 0.1) is 18.7 Å². The minimum Gasteiger partial charge on any atom is -0.369 e. The molecule has 1 atom stereocenters. The summed E-state index contributed by atoms with van der Waals surface area (Å²) in [6, 6.07) is 7.68. The summed E-state index contributed by atoms with van der Waals surface area (Å²) < 4.78 is 5.99. The first kappa shape index (κ1) is 17.3. The lowest BCUT2D eigenvalue weighted by molar-refractivity contribution is -0.156. The standard InChI is InChI=1S/C18H26ClNO2/c1-17(2,3)10-16(21)20-11-15(22-12-18(20,4)5)13-7-6-8-14(19)9-13/h6-9,15H,10-12H2,1-5H3. The number of carbonyl (C=O) groups excluding carboxylic acids is 1. The zero-order chi connectivity index (χ0) is 16.5. The van der Waals surface area contributed by atoms with Crippen molar-refractivity contribution in [1.29, 1.82) is 0 Å². The molecule has 1 heterocycles. The third-order valence-electron chi connectivity index (χ3n) is 3.92. The molecule has 1 aromatic carbocycles. The van der Waals surface area contributed by atoms with Crippen LogP contribution in [0.3, 0.4) is 0 Å². The van der Waals surface area contributed by atoms with E-state index < -0.39 is 0 Å². The fourth-order valence-electron chi connectivity index (χ4n) is 2.75. The molecule has 2 rings (SSSR count). The van der Waals surface area contributed by atoms with E-state index in [0.29, 0.717) is 24.6 Å². The van der Waals surface area contributed by atoms with Crippen LogP contribution in [0.15, 0.2) is 24.3 Å². The second-order valence-electron chi connectivity index (χ2n) is 7.91. The molecule has 1 aliphatic rings. The highest BCUT2D eigenvalue weighted by Crippen LogP contribution is 2.33. The number of amides is 1. The summed E-state index contributed by atoms with van der Waals surface area (Å²) in [4.78, 5) is 14.7. The van der Waals surface area contributed by atoms with Crippen molar-refractivity contribution in [2.75, 3.05) is 13.2 Å². The van der Waals surface area contributed by atoms with Crippen LogP contribution >= 0.6 is 11.6 Å². The molecule has 4 heteroatoms. The van der Waals surface area contributed by atoms with Crippen LogP contribution in [0.4, 0.5) is 0 Å². The summed E-state index contributed by atoms with van der Waals surface area (Å²) in [5.41, 5.74) is 0.727. The van der Waals surface area contributed by atoms with E-state index >= 15 is 0 Å². The Hall–Kier alpha value is -1.06. The zero-order valence-electron chi connectivity index (χ0n) is 14.1. The topological polar surface area (TPSA) is 29.5 Å². The molecule has 1 unspecified atom stereocenters. The smallest absolute Gasteiger partial charge is 0.223 e. The minimum absolute atomic E-state index is 0.0168. The van der Waals surface area contributed by atoms with E-state index in [1.807, 2.05) is 29.2 Å². The predicted molar refractivity (Wildman–Crippen MR) is 90.0 cm³/mol. The lowest BCUT2D eigenvalue weighted by Gasteiger charge is -2.46. The Morgan fingerprint density at radius 2 is 2.09 bits per heavy atom. The fraction of sp³-hybridized carbons (Fsp3) is 0.611. The summed E-state index contributed by atoms with van der Waals surface area (Å²) in [6.07, 6.45) is 0.425. The van der Waals surface area contributed by atoms with Gasteiger partial charge in [0.2, 0.25) is 5.91 Å². The third-order valence-corrected chi connectivity index (χ3v) is 4.15. The Kier molecular flexibility index (Phi) is 4.88. The van der Waals surface area contributed by atoms with Crippen LogP contribution in [-0.4, -0.2) is 29.5 Å². The van der Waals surface area contributed by atoms with Crippen LogP contribution in [0.2, 0.25) is 5.02 Å². The van der Waals surface area contributed by atoms with Crippen LogP contribution in [0.1, 0.15) is 52.7 Å². The molecule has 0 aliphatic carbocycles. The van der Waals surface area contributed by atoms with Crippen molar-refractivity contribution >= 4 is 17.5 Å². The van der Waals surface area contributed by atoms with Gasteiger partial charge in [0, 0.05) is 11.4 Å². The quantitative estimate of drug-likeness (QED) is 0.804. The normalized spacial score (nSPS) is 21.7. The average Bonchev–Trinajstić information content (AvgIpc) is 2.36. The van der Waals surface area contributed by atoms with Crippen molar-refractivity contribution in [2.45, 2.75) is 52.7 Å². The van der Waals surface area contributed by atoms with E-state index in [4.69, 9.17) is 16.3 Å². The first-order chi connectivity index (χ1) is 10.1. The number of halogens is 1. The number of hydrogen-bond acceptors (Lipinski definition) is 2. The number of hydrogen-bond donors (Lipinski definition) is 0. The van der Waals surface area contributed by atoms with E-state index in [-0.39, 0.29) is 23.0 Å². The molecule has 0 aromatic heterocycles. The molecule has 1 aromatic rings. The Balaban J connectivity index is 2.18. The molecule has 3 nitrogen and oxygen atoms in total. The molecule has 1 fully saturated rings. The number of ether oxygens (including phenoxy) is 1. The van der Waals surface area contributed by atoms with Gasteiger partial charge in [-0.2, -0.15) is 0 Å². The lowest BCUT2D eigenvalue weighted by atomic mass is 9.89. The number of nitrogens with zero attached hydrogens (tertiary/aromatic N) is 1. The fourth-order valence-corrected chi connectivity index (χ4v) is 2.94. The number of benzene rings is 1. The van der Waals surface area contributed by atoms with E-state index in [0.717, 1.165) is 5.56 Å². The first-order valence-electron chi connectivity index (χ1n) is 7.76. The van der Waals surface area contributed by atoms with Gasteiger partial charge >= 0.3 is 0 Å². The highest BCUT2D eigenvalue weighted by molar-refractivity contribution is 6.30. The van der Waals surface area contributed by atoms with Crippen molar-refractivity contribution in [1.82, 2.24) is 4.90 Å². The van der Waals surface area contributed by atoms with Crippen LogP contribution < -0.4 is 0 Å². The van der Waals surface area contributed by atoms with Gasteiger partial charge in [-0.1, -0.05) is 44.5 Å². The molecule has 0 N–H and O–H groups in total. The van der Waals surface area contributed by atoms with Gasteiger partial charge in [-0.15, -0.1) is 0 Å². The van der Waals surface area contributed by atoms with Gasteiger partial charge in [0.1, 0.15) is 6.10 Å². The second-order valence-corrected chi connectivity index (χ2v) is 8.35. The molecule has 0 radical (unpaired) electrons. The lowest BCUT2D eigenvalue weighted by Crippen LogP contribution is -2.56. The summed E-state index contributed by atoms with van der Waals surface area (Å²) in [6.45, 7) is 11.5. The van der Waals surface area contributed by atoms with Crippen molar-refractivity contribution in [2.24, 2.45) is 5.41 Å². The number of rotatable bonds is 2. The molecule has 122 valence electrons. The number of morpholine rings is 1. The number of carbonyl (C=O) groups is 1. The Morgan fingerprint density at radius 3 is 2.68 bits per heavy atom. The molecule has 22 heavy (non-hydrogen) atoms. The van der Waals surface area contributed by atoms with Crippen molar-refractivity contribution in [3.8, 4) is 0 Å². The average molecular weight is 324 g/mol. The van der Waals surface area contributed by atoms with E-state index in [1.165, 1.54) is 0 Å². The van der Waals surface area contributed by atoms with Crippen LogP contribution in [0.5, 0.6) is 0 Å². The predicted octanol–water partition coefficient (Wildman–Crippen LogP) is 4.45. The molecule has 0 spiro atoms. The maximum Gasteiger partial charge on any atom is 0.223 e. The van der Waals surface area contributed by atoms with Crippen molar-refractivity contribution in [3.05, 3.63) is 34.9 Å². The van der Waals surface area contributed by atoms with E-state index in [1.54, 1.807) is 0 Å². The maximum atomic E-state index is 12.7. The Labute approximate surface area is 138 Å². The van der Waals surface area contributed by atoms with Crippen molar-refractivity contribution < 1.29 is 9.53 Å². The van der Waals surface area contributed by atoms with Gasteiger partial charge in [-0.05, 0) is 37.0 Å². The van der Waals surface area contributed by atoms with Gasteiger partial charge < -0.3 is 9.64 Å². The molecular weight excluding hydrogens is 298 g/mol. The van der Waals surface area contributed by atoms with Gasteiger partial charge in [-0.3, -0.25) is 4.79 Å². The first-order valence-corrected chi connectivity index (χ1v) is 8.14. The Morgan fingerprint density at radius 1 is 1.41 bits per heavy atom. The van der Waals surface area contributed by atoms with Crippen LogP contribution in [-0.2, 0) is 9.53 Å². The molecular formula is C18H26ClNO2. The third kappa shape index (κ3) is 4.23. The van der Waals surface area contributed by atoms with Gasteiger partial charge in [0.15, 0.2) is 0 Å². The van der Waals surface area contributed by atoms with Crippen molar-refractivity contribution in [3.63, 3.8) is 0 Å². The molecule has 0 bridgehead atoms. The monoisotopic (exact) mass is 323 g/mol. The Bertz CT molecular complexity index is 548. The van der Waals surface area contributed by atoms with Gasteiger partial charge in [0.25, 0.3) is 0 Å². The van der Waals surface area contributed by atoms with Gasteiger partial charge in [-0.25, -0.2) is 0 Å². The molecule has 1 saturated heterocycles. The summed E-state index contributed by atoms with van der Waals surface area (Å²) in [5.74, 6) is 0.188. The summed E-state index contributed by atoms with van der Waals surface area (Å²) in [7, 11) is 0. The highest BCUT2D eigenvalue weighted by Gasteiger charge is 2.39. The summed E-state index contributed by atoms with van der Waals surface area (Å²) in [5, 5.41) is 0.693. The van der Waals surface area contributed by atoms with E-state index in [9.17, 15) is 4.79 Å². The molecule has 0 saturated carbocycles.